The van der Waals surface area contributed by atoms with E-state index in [1.807, 2.05) is 11.0 Å². The minimum atomic E-state index is 0.135. The summed E-state index contributed by atoms with van der Waals surface area (Å²) in [6.07, 6.45) is 9.72. The fourth-order valence-electron chi connectivity index (χ4n) is 3.75. The lowest BCUT2D eigenvalue weighted by molar-refractivity contribution is -0.128. The van der Waals surface area contributed by atoms with E-state index in [4.69, 9.17) is 0 Å². The number of aromatic amines is 1. The van der Waals surface area contributed by atoms with E-state index in [9.17, 15) is 4.79 Å². The third-order valence-corrected chi connectivity index (χ3v) is 6.09. The largest absolute Gasteiger partial charge is 0.338 e. The average Bonchev–Trinajstić information content (AvgIpc) is 3.39. The first-order chi connectivity index (χ1) is 13.3. The molecule has 1 amide bonds. The number of anilines is 1. The molecule has 8 nitrogen and oxygen atoms in total. The van der Waals surface area contributed by atoms with Gasteiger partial charge in [-0.2, -0.15) is 0 Å². The molecule has 1 aliphatic heterocycles. The van der Waals surface area contributed by atoms with Crippen LogP contribution in [-0.4, -0.2) is 67.9 Å². The van der Waals surface area contributed by atoms with Gasteiger partial charge in [0.2, 0.25) is 17.0 Å². The normalized spacial score (nSPS) is 18.2. The highest BCUT2D eigenvalue weighted by Crippen LogP contribution is 2.27. The molecule has 0 radical (unpaired) electrons. The first-order valence-corrected chi connectivity index (χ1v) is 10.6. The van der Waals surface area contributed by atoms with Gasteiger partial charge in [0.15, 0.2) is 0 Å². The Balaban J connectivity index is 1.21. The molecule has 1 saturated heterocycles. The summed E-state index contributed by atoms with van der Waals surface area (Å²) in [5, 5.41) is 7.96. The number of hydrogen-bond donors (Lipinski definition) is 1. The lowest BCUT2D eigenvalue weighted by Gasteiger charge is -2.34. The molecule has 2 fully saturated rings. The number of carbonyl (C=O) groups excluding carboxylic acids is 1. The monoisotopic (exact) mass is 387 g/mol. The molecule has 2 aromatic rings. The zero-order valence-electron chi connectivity index (χ0n) is 15.4. The first kappa shape index (κ1) is 18.2. The molecule has 0 spiro atoms. The van der Waals surface area contributed by atoms with Crippen LogP contribution in [0.5, 0.6) is 0 Å². The molecule has 0 aromatic carbocycles. The molecular formula is C18H25N7OS. The van der Waals surface area contributed by atoms with E-state index in [0.717, 1.165) is 37.2 Å². The van der Waals surface area contributed by atoms with E-state index in [2.05, 4.69) is 30.0 Å². The van der Waals surface area contributed by atoms with Gasteiger partial charge in [0, 0.05) is 45.0 Å². The second-order valence-electron chi connectivity index (χ2n) is 7.12. The highest BCUT2D eigenvalue weighted by Gasteiger charge is 2.23. The van der Waals surface area contributed by atoms with Crippen LogP contribution in [0.2, 0.25) is 0 Å². The second-order valence-corrected chi connectivity index (χ2v) is 8.07. The molecule has 1 N–H and O–H groups in total. The van der Waals surface area contributed by atoms with Gasteiger partial charge in [-0.05, 0) is 12.0 Å². The third kappa shape index (κ3) is 4.77. The molecule has 144 valence electrons. The number of amides is 1. The highest BCUT2D eigenvalue weighted by molar-refractivity contribution is 7.99. The summed E-state index contributed by atoms with van der Waals surface area (Å²) in [6, 6.07) is 1.81. The number of H-pyrrole nitrogens is 1. The van der Waals surface area contributed by atoms with Crippen molar-refractivity contribution >= 4 is 23.6 Å². The van der Waals surface area contributed by atoms with Gasteiger partial charge >= 0.3 is 0 Å². The Hall–Kier alpha value is -2.16. The van der Waals surface area contributed by atoms with Gasteiger partial charge in [0.05, 0.1) is 5.75 Å². The number of aromatic nitrogens is 5. The van der Waals surface area contributed by atoms with E-state index >= 15 is 0 Å². The number of rotatable bonds is 6. The molecule has 1 saturated carbocycles. The Morgan fingerprint density at radius 3 is 2.63 bits per heavy atom. The quantitative estimate of drug-likeness (QED) is 0.755. The number of carbonyl (C=O) groups is 1. The molecule has 9 heteroatoms. The van der Waals surface area contributed by atoms with E-state index in [-0.39, 0.29) is 5.91 Å². The standard InChI is InChI=1S/C18H25N7OS/c26-16(24-8-10-25(11-9-24)17-19-6-3-7-20-17)13-27-18-21-15(22-23-18)12-14-4-1-2-5-14/h3,6-7,14H,1-2,4-5,8-13H2,(H,21,22,23). The van der Waals surface area contributed by atoms with Gasteiger partial charge in [-0.1, -0.05) is 37.4 Å². The molecule has 27 heavy (non-hydrogen) atoms. The summed E-state index contributed by atoms with van der Waals surface area (Å²) in [4.78, 5) is 29.6. The van der Waals surface area contributed by atoms with Crippen LogP contribution in [0.3, 0.4) is 0 Å². The fourth-order valence-corrected chi connectivity index (χ4v) is 4.47. The Morgan fingerprint density at radius 1 is 1.15 bits per heavy atom. The van der Waals surface area contributed by atoms with Crippen LogP contribution in [-0.2, 0) is 11.2 Å². The predicted octanol–water partition coefficient (Wildman–Crippen LogP) is 1.77. The lowest BCUT2D eigenvalue weighted by atomic mass is 10.0. The summed E-state index contributed by atoms with van der Waals surface area (Å²) in [5.41, 5.74) is 0. The van der Waals surface area contributed by atoms with Crippen molar-refractivity contribution in [2.24, 2.45) is 5.92 Å². The molecule has 2 aromatic heterocycles. The fraction of sp³-hybridized carbons (Fsp3) is 0.611. The average molecular weight is 388 g/mol. The van der Waals surface area contributed by atoms with Gasteiger partial charge in [-0.3, -0.25) is 9.89 Å². The van der Waals surface area contributed by atoms with E-state index in [1.54, 1.807) is 12.4 Å². The second kappa shape index (κ2) is 8.69. The Morgan fingerprint density at radius 2 is 1.89 bits per heavy atom. The number of hydrogen-bond acceptors (Lipinski definition) is 7. The number of nitrogens with zero attached hydrogens (tertiary/aromatic N) is 6. The van der Waals surface area contributed by atoms with Gasteiger partial charge in [0.1, 0.15) is 5.82 Å². The summed E-state index contributed by atoms with van der Waals surface area (Å²) in [5.74, 6) is 2.93. The van der Waals surface area contributed by atoms with Crippen LogP contribution >= 0.6 is 11.8 Å². The van der Waals surface area contributed by atoms with Crippen molar-refractivity contribution in [3.05, 3.63) is 24.3 Å². The Kier molecular flexibility index (Phi) is 5.86. The number of nitrogens with one attached hydrogen (secondary N) is 1. The number of piperazine rings is 1. The molecule has 0 unspecified atom stereocenters. The minimum Gasteiger partial charge on any atom is -0.338 e. The minimum absolute atomic E-state index is 0.135. The van der Waals surface area contributed by atoms with Crippen LogP contribution < -0.4 is 4.90 Å². The zero-order chi connectivity index (χ0) is 18.5. The molecule has 0 atom stereocenters. The Bertz CT molecular complexity index is 739. The summed E-state index contributed by atoms with van der Waals surface area (Å²) in [6.45, 7) is 2.90. The van der Waals surface area contributed by atoms with Gasteiger partial charge < -0.3 is 9.80 Å². The maximum atomic E-state index is 12.5. The number of thioether (sulfide) groups is 1. The van der Waals surface area contributed by atoms with Crippen molar-refractivity contribution in [1.82, 2.24) is 30.0 Å². The van der Waals surface area contributed by atoms with E-state index in [1.165, 1.54) is 37.4 Å². The van der Waals surface area contributed by atoms with Gasteiger partial charge in [-0.15, -0.1) is 5.10 Å². The van der Waals surface area contributed by atoms with Crippen molar-refractivity contribution in [3.63, 3.8) is 0 Å². The summed E-state index contributed by atoms with van der Waals surface area (Å²) >= 11 is 1.42. The molecule has 4 rings (SSSR count). The van der Waals surface area contributed by atoms with Crippen molar-refractivity contribution in [2.45, 2.75) is 37.3 Å². The van der Waals surface area contributed by atoms with Crippen molar-refractivity contribution in [1.29, 1.82) is 0 Å². The van der Waals surface area contributed by atoms with Crippen LogP contribution in [0, 0.1) is 5.92 Å². The van der Waals surface area contributed by atoms with Crippen molar-refractivity contribution < 1.29 is 4.79 Å². The molecule has 2 aliphatic rings. The summed E-state index contributed by atoms with van der Waals surface area (Å²) < 4.78 is 0. The molecular weight excluding hydrogens is 362 g/mol. The van der Waals surface area contributed by atoms with Crippen LogP contribution in [0.25, 0.3) is 0 Å². The van der Waals surface area contributed by atoms with Crippen LogP contribution in [0.15, 0.2) is 23.6 Å². The first-order valence-electron chi connectivity index (χ1n) is 9.62. The third-order valence-electron chi connectivity index (χ3n) is 5.26. The lowest BCUT2D eigenvalue weighted by Crippen LogP contribution is -2.49. The van der Waals surface area contributed by atoms with E-state index < -0.39 is 0 Å². The van der Waals surface area contributed by atoms with Gasteiger partial charge in [-0.25, -0.2) is 15.0 Å². The highest BCUT2D eigenvalue weighted by atomic mass is 32.2. The topological polar surface area (TPSA) is 90.9 Å². The van der Waals surface area contributed by atoms with E-state index in [0.29, 0.717) is 24.0 Å². The summed E-state index contributed by atoms with van der Waals surface area (Å²) in [7, 11) is 0. The molecule has 1 aliphatic carbocycles. The predicted molar refractivity (Wildman–Crippen MR) is 104 cm³/mol. The van der Waals surface area contributed by atoms with Crippen LogP contribution in [0.1, 0.15) is 31.5 Å². The molecule has 3 heterocycles. The van der Waals surface area contributed by atoms with Crippen LogP contribution in [0.4, 0.5) is 5.95 Å². The Labute approximate surface area is 163 Å². The maximum Gasteiger partial charge on any atom is 0.233 e. The van der Waals surface area contributed by atoms with Gasteiger partial charge in [0.25, 0.3) is 0 Å². The zero-order valence-corrected chi connectivity index (χ0v) is 16.2. The maximum absolute atomic E-state index is 12.5. The SMILES string of the molecule is O=C(CSc1n[nH]c(CC2CCCC2)n1)N1CCN(c2ncccn2)CC1. The molecule has 0 bridgehead atoms. The van der Waals surface area contributed by atoms with Crippen molar-refractivity contribution in [3.8, 4) is 0 Å². The van der Waals surface area contributed by atoms with Crippen molar-refractivity contribution in [2.75, 3.05) is 36.8 Å². The smallest absolute Gasteiger partial charge is 0.233 e.